The molecule has 0 atom stereocenters. The summed E-state index contributed by atoms with van der Waals surface area (Å²) in [7, 11) is -1.12. The summed E-state index contributed by atoms with van der Waals surface area (Å²) >= 11 is 0. The summed E-state index contributed by atoms with van der Waals surface area (Å²) < 4.78 is 11.9. The molecule has 124 valence electrons. The van der Waals surface area contributed by atoms with Crippen molar-refractivity contribution in [2.75, 3.05) is 31.0 Å². The summed E-state index contributed by atoms with van der Waals surface area (Å²) in [6, 6.07) is 17.6. The highest BCUT2D eigenvalue weighted by Gasteiger charge is 2.27. The number of rotatable bonds is 2. The molecule has 3 aromatic rings. The lowest BCUT2D eigenvalue weighted by Crippen LogP contribution is -2.23. The van der Waals surface area contributed by atoms with Crippen LogP contribution in [0.4, 0.5) is 0 Å². The van der Waals surface area contributed by atoms with Crippen LogP contribution in [0.1, 0.15) is 0 Å². The van der Waals surface area contributed by atoms with Crippen molar-refractivity contribution in [3.63, 3.8) is 0 Å². The zero-order valence-electron chi connectivity index (χ0n) is 13.7. The molecule has 1 aliphatic rings. The molecule has 0 radical (unpaired) electrons. The summed E-state index contributed by atoms with van der Waals surface area (Å²) in [4.78, 5) is 12.7. The van der Waals surface area contributed by atoms with Crippen LogP contribution in [0.5, 0.6) is 0 Å². The third kappa shape index (κ3) is 2.66. The second kappa shape index (κ2) is 6.11. The minimum Gasteiger partial charge on any atom is -0.451 e. The van der Waals surface area contributed by atoms with Crippen LogP contribution in [0.2, 0.25) is 0 Å². The SMILES string of the molecule is CS1(c2cc(=O)c3cccc(-c4ccccc4)c3o2)CCOCC1. The van der Waals surface area contributed by atoms with E-state index in [1.807, 2.05) is 48.5 Å². The van der Waals surface area contributed by atoms with E-state index in [1.165, 1.54) is 0 Å². The molecule has 1 saturated heterocycles. The van der Waals surface area contributed by atoms with Crippen LogP contribution in [-0.4, -0.2) is 31.0 Å². The largest absolute Gasteiger partial charge is 0.451 e. The molecule has 0 spiro atoms. The molecular formula is C20H20O3S. The summed E-state index contributed by atoms with van der Waals surface area (Å²) in [5, 5.41) is 1.50. The van der Waals surface area contributed by atoms with Gasteiger partial charge < -0.3 is 9.15 Å². The normalized spacial score (nSPS) is 18.4. The van der Waals surface area contributed by atoms with E-state index in [4.69, 9.17) is 9.15 Å². The fourth-order valence-electron chi connectivity index (χ4n) is 3.13. The van der Waals surface area contributed by atoms with Gasteiger partial charge in [0.2, 0.25) is 0 Å². The zero-order valence-corrected chi connectivity index (χ0v) is 14.5. The van der Waals surface area contributed by atoms with Gasteiger partial charge in [-0.15, -0.1) is 0 Å². The van der Waals surface area contributed by atoms with Crippen molar-refractivity contribution >= 4 is 21.0 Å². The molecule has 1 fully saturated rings. The molecule has 3 nitrogen and oxygen atoms in total. The van der Waals surface area contributed by atoms with Crippen LogP contribution in [0, 0.1) is 0 Å². The maximum absolute atomic E-state index is 12.7. The number of ether oxygens (including phenoxy) is 1. The minimum atomic E-state index is -1.12. The Labute approximate surface area is 142 Å². The zero-order chi connectivity index (χ0) is 16.6. The van der Waals surface area contributed by atoms with E-state index in [-0.39, 0.29) is 5.43 Å². The maximum Gasteiger partial charge on any atom is 0.193 e. The Kier molecular flexibility index (Phi) is 3.94. The van der Waals surface area contributed by atoms with Gasteiger partial charge >= 0.3 is 0 Å². The summed E-state index contributed by atoms with van der Waals surface area (Å²) in [5.41, 5.74) is 2.79. The molecule has 0 saturated carbocycles. The van der Waals surface area contributed by atoms with E-state index in [9.17, 15) is 4.79 Å². The number of benzene rings is 2. The van der Waals surface area contributed by atoms with Gasteiger partial charge in [-0.3, -0.25) is 4.79 Å². The molecule has 24 heavy (non-hydrogen) atoms. The summed E-state index contributed by atoms with van der Waals surface area (Å²) in [6.45, 7) is 1.49. The Morgan fingerprint density at radius 1 is 0.958 bits per heavy atom. The molecule has 2 aromatic carbocycles. The third-order valence-electron chi connectivity index (χ3n) is 4.66. The fourth-order valence-corrected chi connectivity index (χ4v) is 5.39. The Morgan fingerprint density at radius 3 is 2.46 bits per heavy atom. The fraction of sp³-hybridized carbons (Fsp3) is 0.250. The Balaban J connectivity index is 1.95. The standard InChI is InChI=1S/C20H20O3S/c1-24(12-10-22-11-13-24)19-14-18(21)17-9-5-8-16(20(17)23-19)15-6-3-2-4-7-15/h2-9,14H,10-13H2,1H3. The smallest absolute Gasteiger partial charge is 0.193 e. The molecule has 0 aliphatic carbocycles. The highest BCUT2D eigenvalue weighted by Crippen LogP contribution is 2.53. The van der Waals surface area contributed by atoms with E-state index < -0.39 is 10.0 Å². The Bertz CT molecular complexity index is 925. The quantitative estimate of drug-likeness (QED) is 0.699. The number of para-hydroxylation sites is 1. The van der Waals surface area contributed by atoms with E-state index in [2.05, 4.69) is 6.26 Å². The second-order valence-corrected chi connectivity index (χ2v) is 10.0. The van der Waals surface area contributed by atoms with Gasteiger partial charge in [0.05, 0.1) is 18.6 Å². The van der Waals surface area contributed by atoms with E-state index in [0.29, 0.717) is 11.0 Å². The lowest BCUT2D eigenvalue weighted by atomic mass is 10.0. The van der Waals surface area contributed by atoms with Crippen molar-refractivity contribution in [1.82, 2.24) is 0 Å². The van der Waals surface area contributed by atoms with Crippen molar-refractivity contribution in [2.45, 2.75) is 5.09 Å². The van der Waals surface area contributed by atoms with Crippen LogP contribution >= 0.6 is 10.0 Å². The first-order valence-electron chi connectivity index (χ1n) is 8.11. The number of hydrogen-bond donors (Lipinski definition) is 0. The molecule has 0 unspecified atom stereocenters. The molecule has 1 aliphatic heterocycles. The molecule has 0 amide bonds. The Morgan fingerprint density at radius 2 is 1.71 bits per heavy atom. The van der Waals surface area contributed by atoms with Crippen molar-refractivity contribution in [3.05, 3.63) is 64.8 Å². The highest BCUT2D eigenvalue weighted by atomic mass is 32.3. The van der Waals surface area contributed by atoms with Crippen molar-refractivity contribution < 1.29 is 9.15 Å². The minimum absolute atomic E-state index is 0.0456. The maximum atomic E-state index is 12.7. The van der Waals surface area contributed by atoms with Gasteiger partial charge in [-0.1, -0.05) is 42.5 Å². The average Bonchev–Trinajstić information content (AvgIpc) is 2.62. The van der Waals surface area contributed by atoms with Crippen molar-refractivity contribution in [3.8, 4) is 11.1 Å². The first-order chi connectivity index (χ1) is 11.7. The van der Waals surface area contributed by atoms with Gasteiger partial charge in [0.1, 0.15) is 10.7 Å². The van der Waals surface area contributed by atoms with E-state index in [1.54, 1.807) is 6.07 Å². The van der Waals surface area contributed by atoms with Gasteiger partial charge in [-0.05, 0) is 17.9 Å². The molecule has 1 aromatic heterocycles. The molecular weight excluding hydrogens is 320 g/mol. The van der Waals surface area contributed by atoms with Gasteiger partial charge in [0.25, 0.3) is 0 Å². The lowest BCUT2D eigenvalue weighted by molar-refractivity contribution is 0.158. The number of hydrogen-bond acceptors (Lipinski definition) is 3. The lowest BCUT2D eigenvalue weighted by Gasteiger charge is -2.37. The Hall–Kier alpha value is -2.04. The van der Waals surface area contributed by atoms with Crippen LogP contribution in [-0.2, 0) is 4.74 Å². The third-order valence-corrected chi connectivity index (χ3v) is 7.97. The molecule has 4 rings (SSSR count). The van der Waals surface area contributed by atoms with E-state index in [0.717, 1.165) is 40.9 Å². The summed E-state index contributed by atoms with van der Waals surface area (Å²) in [5.74, 6) is 1.91. The summed E-state index contributed by atoms with van der Waals surface area (Å²) in [6.07, 6.45) is 2.24. The molecule has 0 bridgehead atoms. The van der Waals surface area contributed by atoms with Crippen LogP contribution < -0.4 is 5.43 Å². The van der Waals surface area contributed by atoms with Gasteiger partial charge in [0.15, 0.2) is 5.43 Å². The molecule has 2 heterocycles. The highest BCUT2D eigenvalue weighted by molar-refractivity contribution is 8.33. The van der Waals surface area contributed by atoms with Crippen molar-refractivity contribution in [1.29, 1.82) is 0 Å². The van der Waals surface area contributed by atoms with Crippen molar-refractivity contribution in [2.24, 2.45) is 0 Å². The monoisotopic (exact) mass is 340 g/mol. The van der Waals surface area contributed by atoms with Gasteiger partial charge in [-0.2, -0.15) is 10.0 Å². The number of fused-ring (bicyclic) bond motifs is 1. The van der Waals surface area contributed by atoms with Crippen LogP contribution in [0.15, 0.2) is 68.9 Å². The van der Waals surface area contributed by atoms with Gasteiger partial charge in [-0.25, -0.2) is 0 Å². The predicted octanol–water partition coefficient (Wildman–Crippen LogP) is 4.28. The first kappa shape index (κ1) is 15.5. The van der Waals surface area contributed by atoms with Crippen LogP contribution in [0.25, 0.3) is 22.1 Å². The average molecular weight is 340 g/mol. The van der Waals surface area contributed by atoms with Gasteiger partial charge in [0, 0.05) is 23.1 Å². The molecule has 0 N–H and O–H groups in total. The second-order valence-electron chi connectivity index (χ2n) is 6.27. The first-order valence-corrected chi connectivity index (χ1v) is 10.5. The topological polar surface area (TPSA) is 39.4 Å². The molecule has 4 heteroatoms. The predicted molar refractivity (Wildman–Crippen MR) is 100 cm³/mol. The van der Waals surface area contributed by atoms with Crippen LogP contribution in [0.3, 0.4) is 0 Å². The van der Waals surface area contributed by atoms with E-state index >= 15 is 0 Å².